The average molecular weight is 642 g/mol. The van der Waals surface area contributed by atoms with Gasteiger partial charge in [0.05, 0.1) is 23.8 Å². The number of hydrogen-bond donors (Lipinski definition) is 6. The molecule has 0 radical (unpaired) electrons. The number of anilines is 2. The Labute approximate surface area is 281 Å². The molecule has 0 spiro atoms. The Morgan fingerprint density at radius 3 is 2.06 bits per heavy atom. The first-order valence-electron chi connectivity index (χ1n) is 16.9. The first-order chi connectivity index (χ1) is 22.6. The third-order valence-electron chi connectivity index (χ3n) is 7.94. The highest BCUT2D eigenvalue weighted by molar-refractivity contribution is 6.05. The maximum absolute atomic E-state index is 12.5. The molecule has 3 rings (SSSR count). The average Bonchev–Trinajstić information content (AvgIpc) is 3.05. The highest BCUT2D eigenvalue weighted by atomic mass is 16.2. The normalized spacial score (nSPS) is 11.8. The Kier molecular flexibility index (Phi) is 15.9. The van der Waals surface area contributed by atoms with E-state index in [0.29, 0.717) is 48.7 Å². The van der Waals surface area contributed by atoms with Crippen LogP contribution in [-0.4, -0.2) is 43.8 Å². The summed E-state index contributed by atoms with van der Waals surface area (Å²) < 4.78 is 0. The second-order valence-electron chi connectivity index (χ2n) is 13.0. The van der Waals surface area contributed by atoms with Crippen LogP contribution >= 0.6 is 0 Å². The summed E-state index contributed by atoms with van der Waals surface area (Å²) in [4.78, 5) is 29.1. The van der Waals surface area contributed by atoms with Crippen molar-refractivity contribution in [3.05, 3.63) is 95.1 Å². The van der Waals surface area contributed by atoms with Gasteiger partial charge in [-0.15, -0.1) is 0 Å². The summed E-state index contributed by atoms with van der Waals surface area (Å²) in [6.07, 6.45) is 5.91. The van der Waals surface area contributed by atoms with Crippen molar-refractivity contribution in [2.75, 3.05) is 37.2 Å². The molecule has 0 saturated heterocycles. The molecule has 3 aromatic carbocycles. The molecule has 3 aromatic rings. The third-order valence-corrected chi connectivity index (χ3v) is 7.94. The topological polar surface area (TPSA) is 147 Å². The first kappa shape index (κ1) is 37.2. The van der Waals surface area contributed by atoms with Crippen LogP contribution in [0.2, 0.25) is 0 Å². The molecular weight excluding hydrogens is 586 g/mol. The van der Waals surface area contributed by atoms with E-state index in [-0.39, 0.29) is 17.2 Å². The molecule has 0 saturated carbocycles. The zero-order valence-corrected chi connectivity index (χ0v) is 28.5. The predicted molar refractivity (Wildman–Crippen MR) is 196 cm³/mol. The number of nitrogen functional groups attached to an aromatic ring is 1. The van der Waals surface area contributed by atoms with E-state index in [1.807, 2.05) is 24.3 Å². The van der Waals surface area contributed by atoms with Crippen molar-refractivity contribution in [1.82, 2.24) is 16.0 Å². The number of nitrogens with zero attached hydrogens (tertiary/aromatic N) is 1. The molecular formula is C38H55N7O2. The van der Waals surface area contributed by atoms with Crippen LogP contribution < -0.4 is 32.7 Å². The van der Waals surface area contributed by atoms with Gasteiger partial charge in [-0.2, -0.15) is 0 Å². The van der Waals surface area contributed by atoms with E-state index in [4.69, 9.17) is 11.5 Å². The molecule has 0 aromatic heterocycles. The molecule has 47 heavy (non-hydrogen) atoms. The van der Waals surface area contributed by atoms with Crippen LogP contribution in [-0.2, 0) is 23.3 Å². The van der Waals surface area contributed by atoms with Gasteiger partial charge in [0, 0.05) is 31.5 Å². The molecule has 0 heterocycles. The molecule has 0 fully saturated rings. The number of nitrogens with two attached hydrogens (primary N) is 2. The van der Waals surface area contributed by atoms with Crippen molar-refractivity contribution in [1.29, 1.82) is 0 Å². The zero-order chi connectivity index (χ0) is 33.9. The quantitative estimate of drug-likeness (QED) is 0.0392. The standard InChI is InChI=1S/C38H55N7O2/c1-38(2,3)32-21-17-29(18-22-32)27-42-24-9-8-23-41-25-10-26-43-36(46)14-7-6-13-35(40)44-28-30-15-19-31(20-16-30)37(47)45-34-12-5-4-11-33(34)39/h4-5,11-12,15-22,41-42H,6-10,13-14,23-28,39H2,1-3H3,(H2,40,44)(H,43,46)(H,45,47). The molecule has 0 aliphatic carbocycles. The van der Waals surface area contributed by atoms with Gasteiger partial charge in [0.2, 0.25) is 5.91 Å². The molecule has 8 N–H and O–H groups in total. The number of rotatable bonds is 20. The molecule has 9 heteroatoms. The fraction of sp³-hybridized carbons (Fsp3) is 0.447. The molecule has 9 nitrogen and oxygen atoms in total. The lowest BCUT2D eigenvalue weighted by molar-refractivity contribution is -0.121. The maximum atomic E-state index is 12.5. The summed E-state index contributed by atoms with van der Waals surface area (Å²) in [6, 6.07) is 23.3. The summed E-state index contributed by atoms with van der Waals surface area (Å²) in [6.45, 7) is 11.7. The number of aliphatic imine (C=N–C) groups is 1. The maximum Gasteiger partial charge on any atom is 0.255 e. The third kappa shape index (κ3) is 14.8. The van der Waals surface area contributed by atoms with Crippen molar-refractivity contribution in [2.45, 2.75) is 84.2 Å². The lowest BCUT2D eigenvalue weighted by Crippen LogP contribution is -2.27. The van der Waals surface area contributed by atoms with E-state index in [9.17, 15) is 9.59 Å². The number of carbonyl (C=O) groups is 2. The van der Waals surface area contributed by atoms with Crippen LogP contribution in [0, 0.1) is 0 Å². The second kappa shape index (κ2) is 20.1. The highest BCUT2D eigenvalue weighted by Gasteiger charge is 2.12. The van der Waals surface area contributed by atoms with Crippen LogP contribution in [0.4, 0.5) is 11.4 Å². The van der Waals surface area contributed by atoms with Gasteiger partial charge in [-0.25, -0.2) is 0 Å². The molecule has 0 unspecified atom stereocenters. The fourth-order valence-corrected chi connectivity index (χ4v) is 4.94. The number of hydrogen-bond acceptors (Lipinski definition) is 6. The number of amides is 2. The number of benzene rings is 3. The van der Waals surface area contributed by atoms with Crippen LogP contribution in [0.3, 0.4) is 0 Å². The largest absolute Gasteiger partial charge is 0.397 e. The molecule has 2 amide bonds. The van der Waals surface area contributed by atoms with Gasteiger partial charge in [-0.1, -0.05) is 69.3 Å². The molecule has 0 aliphatic rings. The summed E-state index contributed by atoms with van der Waals surface area (Å²) in [5.74, 6) is 0.431. The van der Waals surface area contributed by atoms with Crippen molar-refractivity contribution < 1.29 is 9.59 Å². The minimum Gasteiger partial charge on any atom is -0.397 e. The van der Waals surface area contributed by atoms with Gasteiger partial charge in [-0.05, 0) is 98.1 Å². The van der Waals surface area contributed by atoms with Crippen LogP contribution in [0.5, 0.6) is 0 Å². The molecule has 0 atom stereocenters. The van der Waals surface area contributed by atoms with Gasteiger partial charge in [0.1, 0.15) is 0 Å². The monoisotopic (exact) mass is 641 g/mol. The number of nitrogens with one attached hydrogen (secondary N) is 4. The van der Waals surface area contributed by atoms with Gasteiger partial charge in [0.25, 0.3) is 5.91 Å². The lowest BCUT2D eigenvalue weighted by Gasteiger charge is -2.19. The molecule has 0 bridgehead atoms. The summed E-state index contributed by atoms with van der Waals surface area (Å²) in [7, 11) is 0. The van der Waals surface area contributed by atoms with Crippen LogP contribution in [0.1, 0.15) is 92.8 Å². The Hall–Kier alpha value is -4.21. The Morgan fingerprint density at radius 2 is 1.36 bits per heavy atom. The van der Waals surface area contributed by atoms with Crippen molar-refractivity contribution in [3.8, 4) is 0 Å². The van der Waals surface area contributed by atoms with Crippen LogP contribution in [0.15, 0.2) is 77.8 Å². The van der Waals surface area contributed by atoms with Gasteiger partial charge >= 0.3 is 0 Å². The Morgan fingerprint density at radius 1 is 0.723 bits per heavy atom. The highest BCUT2D eigenvalue weighted by Crippen LogP contribution is 2.22. The Balaban J connectivity index is 1.14. The first-order valence-corrected chi connectivity index (χ1v) is 16.9. The van der Waals surface area contributed by atoms with Crippen molar-refractivity contribution in [2.24, 2.45) is 10.7 Å². The lowest BCUT2D eigenvalue weighted by atomic mass is 9.87. The van der Waals surface area contributed by atoms with Gasteiger partial charge in [-0.3, -0.25) is 14.6 Å². The van der Waals surface area contributed by atoms with E-state index in [1.165, 1.54) is 11.1 Å². The Bertz CT molecular complexity index is 1400. The van der Waals surface area contributed by atoms with Gasteiger partial charge in [0.15, 0.2) is 0 Å². The minimum atomic E-state index is -0.220. The summed E-state index contributed by atoms with van der Waals surface area (Å²) in [5.41, 5.74) is 17.5. The second-order valence-corrected chi connectivity index (χ2v) is 13.0. The number of para-hydroxylation sites is 2. The number of carbonyl (C=O) groups excluding carboxylic acids is 2. The SMILES string of the molecule is CC(C)(C)c1ccc(CNCCCCNCCCNC(=O)CCCCC(N)=NCc2ccc(C(=O)Nc3ccccc3N)cc2)cc1. The smallest absolute Gasteiger partial charge is 0.255 e. The molecule has 0 aliphatic heterocycles. The fourth-order valence-electron chi connectivity index (χ4n) is 4.94. The minimum absolute atomic E-state index is 0.0821. The van der Waals surface area contributed by atoms with E-state index >= 15 is 0 Å². The van der Waals surface area contributed by atoms with Gasteiger partial charge < -0.3 is 32.7 Å². The summed E-state index contributed by atoms with van der Waals surface area (Å²) in [5, 5.41) is 12.8. The van der Waals surface area contributed by atoms with E-state index in [2.05, 4.69) is 71.3 Å². The number of amidine groups is 1. The summed E-state index contributed by atoms with van der Waals surface area (Å²) >= 11 is 0. The van der Waals surface area contributed by atoms with Crippen LogP contribution in [0.25, 0.3) is 0 Å². The van der Waals surface area contributed by atoms with Crippen molar-refractivity contribution >= 4 is 29.0 Å². The van der Waals surface area contributed by atoms with E-state index < -0.39 is 0 Å². The zero-order valence-electron chi connectivity index (χ0n) is 28.5. The van der Waals surface area contributed by atoms with E-state index in [0.717, 1.165) is 63.8 Å². The predicted octanol–water partition coefficient (Wildman–Crippen LogP) is 5.90. The van der Waals surface area contributed by atoms with E-state index in [1.54, 1.807) is 24.3 Å². The van der Waals surface area contributed by atoms with Crippen molar-refractivity contribution in [3.63, 3.8) is 0 Å². The number of unbranched alkanes of at least 4 members (excludes halogenated alkanes) is 2. The molecule has 254 valence electrons.